The van der Waals surface area contributed by atoms with Crippen LogP contribution >= 0.6 is 0 Å². The molecular weight excluding hydrogens is 689 g/mol. The van der Waals surface area contributed by atoms with Crippen molar-refractivity contribution in [1.29, 1.82) is 0 Å². The third kappa shape index (κ3) is 8.69. The Hall–Kier alpha value is -6.59. The Balaban J connectivity index is 1.12. The van der Waals surface area contributed by atoms with E-state index < -0.39 is 5.97 Å². The number of carboxylic acid groups (broad SMARTS) is 1. The molecule has 0 atom stereocenters. The number of anilines is 6. The Morgan fingerprint density at radius 2 is 0.893 bits per heavy atom. The molecule has 7 aromatic carbocycles. The van der Waals surface area contributed by atoms with Crippen LogP contribution in [0.3, 0.4) is 0 Å². The number of carboxylic acids is 1. The van der Waals surface area contributed by atoms with Crippen molar-refractivity contribution in [3.8, 4) is 16.9 Å². The first-order valence-corrected chi connectivity index (χ1v) is 19.2. The van der Waals surface area contributed by atoms with E-state index in [0.717, 1.165) is 47.0 Å². The molecule has 0 radical (unpaired) electrons. The van der Waals surface area contributed by atoms with Gasteiger partial charge < -0.3 is 19.6 Å². The summed E-state index contributed by atoms with van der Waals surface area (Å²) in [4.78, 5) is 15.8. The van der Waals surface area contributed by atoms with Crippen LogP contribution in [0, 0.1) is 34.6 Å². The van der Waals surface area contributed by atoms with Gasteiger partial charge >= 0.3 is 5.97 Å². The zero-order valence-corrected chi connectivity index (χ0v) is 32.8. The highest BCUT2D eigenvalue weighted by atomic mass is 16.5. The SMILES string of the molecule is Cc1ccc(N(c2ccc(C)cc2)c2ccc(-c3ccc(N(c4ccc(C)cc4)c4ccc(CCCOc5ccc(C(=O)O)cc5)cc4)c(C)c3)cc2C)cc1. The van der Waals surface area contributed by atoms with Gasteiger partial charge in [0.2, 0.25) is 0 Å². The van der Waals surface area contributed by atoms with Crippen LogP contribution in [0.5, 0.6) is 5.75 Å². The van der Waals surface area contributed by atoms with E-state index in [1.165, 1.54) is 44.5 Å². The molecule has 0 amide bonds. The van der Waals surface area contributed by atoms with Crippen LogP contribution in [0.1, 0.15) is 50.2 Å². The average Bonchev–Trinajstić information content (AvgIpc) is 3.20. The summed E-state index contributed by atoms with van der Waals surface area (Å²) in [6.07, 6.45) is 1.72. The van der Waals surface area contributed by atoms with E-state index in [9.17, 15) is 4.79 Å². The van der Waals surface area contributed by atoms with Crippen molar-refractivity contribution in [2.24, 2.45) is 0 Å². The highest BCUT2D eigenvalue weighted by Gasteiger charge is 2.18. The monoisotopic (exact) mass is 736 g/mol. The van der Waals surface area contributed by atoms with Crippen molar-refractivity contribution in [1.82, 2.24) is 0 Å². The Bertz CT molecular complexity index is 2370. The van der Waals surface area contributed by atoms with Gasteiger partial charge in [0.15, 0.2) is 0 Å². The van der Waals surface area contributed by atoms with Crippen molar-refractivity contribution in [3.05, 3.63) is 197 Å². The summed E-state index contributed by atoms with van der Waals surface area (Å²) in [7, 11) is 0. The van der Waals surface area contributed by atoms with Crippen molar-refractivity contribution in [3.63, 3.8) is 0 Å². The second-order valence-corrected chi connectivity index (χ2v) is 14.6. The standard InChI is InChI=1S/C51H48N2O3/c1-35-8-20-44(21-9-35)52(45-22-10-36(2)11-23-45)49-30-18-42(33-38(49)4)43-19-31-50(39(5)34-43)53(46-24-12-37(3)13-25-46)47-26-14-40(15-27-47)7-6-32-56-48-28-16-41(17-29-48)51(54)55/h8-31,33-34H,6-7,32H2,1-5H3,(H,54,55). The first kappa shape index (κ1) is 37.7. The minimum atomic E-state index is -0.940. The summed E-state index contributed by atoms with van der Waals surface area (Å²) in [6, 6.07) is 55.1. The molecular formula is C51H48N2O3. The van der Waals surface area contributed by atoms with Gasteiger partial charge in [0.25, 0.3) is 0 Å². The molecule has 7 aromatic rings. The summed E-state index contributed by atoms with van der Waals surface area (Å²) in [5.74, 6) is -0.263. The molecule has 0 bridgehead atoms. The number of nitrogens with zero attached hydrogens (tertiary/aromatic N) is 2. The van der Waals surface area contributed by atoms with Gasteiger partial charge in [0.05, 0.1) is 12.2 Å². The summed E-state index contributed by atoms with van der Waals surface area (Å²) >= 11 is 0. The molecule has 5 heteroatoms. The molecule has 0 unspecified atom stereocenters. The predicted octanol–water partition coefficient (Wildman–Crippen LogP) is 13.5. The second kappa shape index (κ2) is 16.8. The predicted molar refractivity (Wildman–Crippen MR) is 232 cm³/mol. The molecule has 56 heavy (non-hydrogen) atoms. The topological polar surface area (TPSA) is 53.0 Å². The molecule has 0 saturated heterocycles. The zero-order valence-electron chi connectivity index (χ0n) is 32.8. The molecule has 0 spiro atoms. The van der Waals surface area contributed by atoms with Crippen LogP contribution < -0.4 is 14.5 Å². The molecule has 0 heterocycles. The Labute approximate surface area is 331 Å². The van der Waals surface area contributed by atoms with Crippen molar-refractivity contribution in [2.45, 2.75) is 47.5 Å². The van der Waals surface area contributed by atoms with Gasteiger partial charge in [-0.2, -0.15) is 0 Å². The van der Waals surface area contributed by atoms with Crippen LogP contribution in [-0.4, -0.2) is 17.7 Å². The summed E-state index contributed by atoms with van der Waals surface area (Å²) in [6.45, 7) is 11.3. The van der Waals surface area contributed by atoms with Crippen LogP contribution in [0.25, 0.3) is 11.1 Å². The van der Waals surface area contributed by atoms with Crippen molar-refractivity contribution < 1.29 is 14.6 Å². The average molecular weight is 737 g/mol. The summed E-state index contributed by atoms with van der Waals surface area (Å²) in [5.41, 5.74) is 16.7. The molecule has 0 aliphatic rings. The number of hydrogen-bond acceptors (Lipinski definition) is 4. The quantitative estimate of drug-likeness (QED) is 0.119. The van der Waals surface area contributed by atoms with E-state index in [2.05, 4.69) is 178 Å². The maximum Gasteiger partial charge on any atom is 0.335 e. The first-order chi connectivity index (χ1) is 27.1. The lowest BCUT2D eigenvalue weighted by atomic mass is 9.98. The van der Waals surface area contributed by atoms with Gasteiger partial charge in [-0.1, -0.05) is 77.4 Å². The molecule has 0 aliphatic heterocycles. The van der Waals surface area contributed by atoms with Crippen LogP contribution in [0.2, 0.25) is 0 Å². The van der Waals surface area contributed by atoms with E-state index in [1.54, 1.807) is 24.3 Å². The van der Waals surface area contributed by atoms with E-state index in [0.29, 0.717) is 12.4 Å². The van der Waals surface area contributed by atoms with Gasteiger partial charge in [0.1, 0.15) is 5.75 Å². The Morgan fingerprint density at radius 1 is 0.500 bits per heavy atom. The molecule has 7 rings (SSSR count). The van der Waals surface area contributed by atoms with Gasteiger partial charge in [-0.15, -0.1) is 0 Å². The van der Waals surface area contributed by atoms with E-state index in [1.807, 2.05) is 0 Å². The van der Waals surface area contributed by atoms with Crippen molar-refractivity contribution >= 4 is 40.1 Å². The molecule has 0 saturated carbocycles. The normalized spacial score (nSPS) is 10.9. The number of hydrogen-bond donors (Lipinski definition) is 1. The number of carbonyl (C=O) groups is 1. The van der Waals surface area contributed by atoms with Gasteiger partial charge in [-0.25, -0.2) is 4.79 Å². The zero-order chi connectivity index (χ0) is 39.2. The van der Waals surface area contributed by atoms with Crippen LogP contribution in [0.15, 0.2) is 158 Å². The van der Waals surface area contributed by atoms with E-state index >= 15 is 0 Å². The van der Waals surface area contributed by atoms with Crippen LogP contribution in [0.4, 0.5) is 34.1 Å². The fourth-order valence-electron chi connectivity index (χ4n) is 7.08. The third-order valence-electron chi connectivity index (χ3n) is 10.3. The van der Waals surface area contributed by atoms with Crippen molar-refractivity contribution in [2.75, 3.05) is 16.4 Å². The highest BCUT2D eigenvalue weighted by Crippen LogP contribution is 2.41. The first-order valence-electron chi connectivity index (χ1n) is 19.2. The minimum Gasteiger partial charge on any atom is -0.494 e. The number of ether oxygens (including phenoxy) is 1. The highest BCUT2D eigenvalue weighted by molar-refractivity contribution is 5.87. The lowest BCUT2D eigenvalue weighted by Crippen LogP contribution is -2.12. The maximum absolute atomic E-state index is 11.1. The molecule has 0 fully saturated rings. The van der Waals surface area contributed by atoms with Gasteiger partial charge in [0, 0.05) is 34.1 Å². The van der Waals surface area contributed by atoms with Gasteiger partial charge in [-0.05, 0) is 172 Å². The molecule has 280 valence electrons. The number of aryl methyl sites for hydroxylation is 6. The lowest BCUT2D eigenvalue weighted by Gasteiger charge is -2.28. The largest absolute Gasteiger partial charge is 0.494 e. The smallest absolute Gasteiger partial charge is 0.335 e. The minimum absolute atomic E-state index is 0.254. The number of rotatable bonds is 13. The number of aromatic carboxylic acids is 1. The Morgan fingerprint density at radius 3 is 1.27 bits per heavy atom. The summed E-state index contributed by atoms with van der Waals surface area (Å²) in [5, 5.41) is 9.13. The van der Waals surface area contributed by atoms with Crippen LogP contribution in [-0.2, 0) is 6.42 Å². The summed E-state index contributed by atoms with van der Waals surface area (Å²) < 4.78 is 5.87. The fourth-order valence-corrected chi connectivity index (χ4v) is 7.08. The maximum atomic E-state index is 11.1. The molecule has 0 aliphatic carbocycles. The van der Waals surface area contributed by atoms with Gasteiger partial charge in [-0.3, -0.25) is 0 Å². The molecule has 5 nitrogen and oxygen atoms in total. The fraction of sp³-hybridized carbons (Fsp3) is 0.157. The molecule has 0 aromatic heterocycles. The second-order valence-electron chi connectivity index (χ2n) is 14.6. The lowest BCUT2D eigenvalue weighted by molar-refractivity contribution is 0.0697. The van der Waals surface area contributed by atoms with E-state index in [4.69, 9.17) is 9.84 Å². The molecule has 1 N–H and O–H groups in total. The Kier molecular flexibility index (Phi) is 11.3. The van der Waals surface area contributed by atoms with E-state index in [-0.39, 0.29) is 5.56 Å². The third-order valence-corrected chi connectivity index (χ3v) is 10.3. The number of benzene rings is 7.